The third-order valence-electron chi connectivity index (χ3n) is 2.89. The number of aliphatic carboxylic acids is 1. The van der Waals surface area contributed by atoms with Gasteiger partial charge in [-0.2, -0.15) is 13.2 Å². The van der Waals surface area contributed by atoms with Crippen LogP contribution in [0.2, 0.25) is 0 Å². The Kier molecular flexibility index (Phi) is 7.20. The quantitative estimate of drug-likeness (QED) is 0.408. The maximum atomic E-state index is 13.8. The van der Waals surface area contributed by atoms with Crippen molar-refractivity contribution in [2.75, 3.05) is 5.75 Å². The van der Waals surface area contributed by atoms with E-state index in [0.717, 1.165) is 0 Å². The fourth-order valence-electron chi connectivity index (χ4n) is 1.78. The Hall–Kier alpha value is -2.18. The van der Waals surface area contributed by atoms with E-state index in [1.54, 1.807) is 0 Å². The molecule has 0 fully saturated rings. The van der Waals surface area contributed by atoms with E-state index in [0.29, 0.717) is 0 Å². The molecule has 5 nitrogen and oxygen atoms in total. The zero-order valence-corrected chi connectivity index (χ0v) is 15.3. The molecular weight excluding hydrogens is 423 g/mol. The fraction of sp³-hybridized carbons (Fsp3) is 0.467. The van der Waals surface area contributed by atoms with E-state index in [-0.39, 0.29) is 11.8 Å². The van der Waals surface area contributed by atoms with Crippen molar-refractivity contribution in [3.8, 4) is 0 Å². The second-order valence-electron chi connectivity index (χ2n) is 6.31. The fourth-order valence-corrected chi connectivity index (χ4v) is 2.77. The molecule has 0 saturated heterocycles. The molecule has 0 bridgehead atoms. The summed E-state index contributed by atoms with van der Waals surface area (Å²) in [7, 11) is 0. The van der Waals surface area contributed by atoms with Gasteiger partial charge in [-0.05, 0) is 20.8 Å². The van der Waals surface area contributed by atoms with E-state index < -0.39 is 69.4 Å². The first kappa shape index (κ1) is 23.9. The molecule has 1 amide bonds. The molecule has 1 rings (SSSR count). The molecule has 0 aliphatic heterocycles. The van der Waals surface area contributed by atoms with Crippen LogP contribution in [0.1, 0.15) is 26.3 Å². The van der Waals surface area contributed by atoms with Gasteiger partial charge < -0.3 is 15.2 Å². The maximum Gasteiger partial charge on any atom is 0.422 e. The number of nitrogens with one attached hydrogen (secondary N) is 1. The van der Waals surface area contributed by atoms with Crippen LogP contribution >= 0.6 is 11.8 Å². The van der Waals surface area contributed by atoms with Gasteiger partial charge in [-0.25, -0.2) is 27.2 Å². The number of amides is 1. The molecule has 0 heterocycles. The van der Waals surface area contributed by atoms with Crippen LogP contribution in [0.3, 0.4) is 0 Å². The molecule has 0 unspecified atom stereocenters. The highest BCUT2D eigenvalue weighted by atomic mass is 32.2. The van der Waals surface area contributed by atoms with Gasteiger partial charge >= 0.3 is 18.2 Å². The number of halogens is 7. The molecule has 1 aromatic rings. The number of hydrogen-bond acceptors (Lipinski definition) is 4. The molecule has 28 heavy (non-hydrogen) atoms. The molecule has 0 aliphatic rings. The molecule has 0 spiro atoms. The summed E-state index contributed by atoms with van der Waals surface area (Å²) in [4.78, 5) is 21.2. The molecule has 158 valence electrons. The first-order chi connectivity index (χ1) is 12.6. The standard InChI is InChI=1S/C15H14F7NO4S/c1-14(2,3)27-13(26)23-5(12(24)25)4-28-11-9(18)7(16)6(15(20,21)22)8(17)10(11)19/h5H,4H2,1-3H3,(H,23,26)(H,24,25)/t5-/m0/s1. The molecule has 1 aromatic carbocycles. The number of alkyl carbamates (subject to hydrolysis) is 1. The topological polar surface area (TPSA) is 75.6 Å². The second kappa shape index (κ2) is 8.45. The normalized spacial score (nSPS) is 13.2. The van der Waals surface area contributed by atoms with Crippen molar-refractivity contribution in [3.63, 3.8) is 0 Å². The highest BCUT2D eigenvalue weighted by Gasteiger charge is 2.42. The van der Waals surface area contributed by atoms with E-state index in [4.69, 9.17) is 9.84 Å². The number of carboxylic acids is 1. The number of carboxylic acid groups (broad SMARTS) is 1. The summed E-state index contributed by atoms with van der Waals surface area (Å²) >= 11 is -0.131. The molecule has 1 atom stereocenters. The van der Waals surface area contributed by atoms with Crippen molar-refractivity contribution in [2.45, 2.75) is 43.5 Å². The van der Waals surface area contributed by atoms with Crippen LogP contribution in [0.15, 0.2) is 4.90 Å². The third kappa shape index (κ3) is 5.91. The SMILES string of the molecule is CC(C)(C)OC(=O)N[C@@H](CSc1c(F)c(F)c(C(F)(F)F)c(F)c1F)C(=O)O. The summed E-state index contributed by atoms with van der Waals surface area (Å²) in [6.07, 6.45) is -6.90. The number of carbonyl (C=O) groups excluding carboxylic acids is 1. The number of ether oxygens (including phenoxy) is 1. The number of thioether (sulfide) groups is 1. The van der Waals surface area contributed by atoms with Crippen molar-refractivity contribution >= 4 is 23.8 Å². The number of carbonyl (C=O) groups is 2. The Morgan fingerprint density at radius 1 is 1.04 bits per heavy atom. The zero-order chi connectivity index (χ0) is 22.0. The van der Waals surface area contributed by atoms with Gasteiger partial charge in [-0.1, -0.05) is 0 Å². The smallest absolute Gasteiger partial charge is 0.422 e. The maximum absolute atomic E-state index is 13.8. The van der Waals surface area contributed by atoms with Gasteiger partial charge in [0.15, 0.2) is 23.3 Å². The molecule has 13 heteroatoms. The van der Waals surface area contributed by atoms with Gasteiger partial charge in [0.1, 0.15) is 17.2 Å². The van der Waals surface area contributed by atoms with Crippen LogP contribution in [0.5, 0.6) is 0 Å². The van der Waals surface area contributed by atoms with Crippen LogP contribution in [0.25, 0.3) is 0 Å². The Balaban J connectivity index is 3.10. The van der Waals surface area contributed by atoms with Gasteiger partial charge in [0, 0.05) is 5.75 Å². The lowest BCUT2D eigenvalue weighted by atomic mass is 10.1. The lowest BCUT2D eigenvalue weighted by Crippen LogP contribution is -2.45. The van der Waals surface area contributed by atoms with E-state index in [1.807, 2.05) is 5.32 Å². The van der Waals surface area contributed by atoms with Crippen LogP contribution in [-0.2, 0) is 15.7 Å². The highest BCUT2D eigenvalue weighted by Crippen LogP contribution is 2.39. The average molecular weight is 437 g/mol. The largest absolute Gasteiger partial charge is 0.480 e. The van der Waals surface area contributed by atoms with Gasteiger partial charge in [-0.15, -0.1) is 11.8 Å². The van der Waals surface area contributed by atoms with Crippen molar-refractivity contribution < 1.29 is 50.2 Å². The number of rotatable bonds is 5. The van der Waals surface area contributed by atoms with E-state index in [9.17, 15) is 40.3 Å². The van der Waals surface area contributed by atoms with Crippen molar-refractivity contribution in [2.24, 2.45) is 0 Å². The predicted molar refractivity (Wildman–Crippen MR) is 82.8 cm³/mol. The highest BCUT2D eigenvalue weighted by molar-refractivity contribution is 7.99. The van der Waals surface area contributed by atoms with Crippen molar-refractivity contribution in [3.05, 3.63) is 28.8 Å². The van der Waals surface area contributed by atoms with Gasteiger partial charge in [0.2, 0.25) is 0 Å². The van der Waals surface area contributed by atoms with Crippen LogP contribution in [0.4, 0.5) is 35.5 Å². The monoisotopic (exact) mass is 437 g/mol. The van der Waals surface area contributed by atoms with Crippen LogP contribution in [0, 0.1) is 23.3 Å². The molecule has 2 N–H and O–H groups in total. The summed E-state index contributed by atoms with van der Waals surface area (Å²) in [5.41, 5.74) is -3.74. The van der Waals surface area contributed by atoms with Gasteiger partial charge in [0.25, 0.3) is 0 Å². The molecule has 0 aliphatic carbocycles. The molecular formula is C15H14F7NO4S. The zero-order valence-electron chi connectivity index (χ0n) is 14.5. The summed E-state index contributed by atoms with van der Waals surface area (Å²) < 4.78 is 97.1. The molecule has 0 saturated carbocycles. The summed E-state index contributed by atoms with van der Waals surface area (Å²) in [5, 5.41) is 10.9. The second-order valence-corrected chi connectivity index (χ2v) is 7.34. The van der Waals surface area contributed by atoms with Crippen molar-refractivity contribution in [1.82, 2.24) is 5.32 Å². The van der Waals surface area contributed by atoms with E-state index in [2.05, 4.69) is 0 Å². The summed E-state index contributed by atoms with van der Waals surface area (Å²) in [6, 6.07) is -1.83. The Labute approximate surface area is 158 Å². The summed E-state index contributed by atoms with van der Waals surface area (Å²) in [5.74, 6) is -12.6. The third-order valence-corrected chi connectivity index (χ3v) is 4.04. The van der Waals surface area contributed by atoms with E-state index >= 15 is 0 Å². The minimum Gasteiger partial charge on any atom is -0.480 e. The summed E-state index contributed by atoms with van der Waals surface area (Å²) in [6.45, 7) is 4.40. The lowest BCUT2D eigenvalue weighted by molar-refractivity contribution is -0.143. The Bertz CT molecular complexity index is 748. The Morgan fingerprint density at radius 3 is 1.86 bits per heavy atom. The first-order valence-corrected chi connectivity index (χ1v) is 8.33. The number of hydrogen-bond donors (Lipinski definition) is 2. The minimum absolute atomic E-state index is 0.131. The number of benzene rings is 1. The van der Waals surface area contributed by atoms with Crippen LogP contribution < -0.4 is 5.32 Å². The Morgan fingerprint density at radius 2 is 1.50 bits per heavy atom. The average Bonchev–Trinajstić information content (AvgIpc) is 2.48. The van der Waals surface area contributed by atoms with Gasteiger partial charge in [0.05, 0.1) is 4.90 Å². The van der Waals surface area contributed by atoms with Crippen LogP contribution in [-0.4, -0.2) is 34.6 Å². The van der Waals surface area contributed by atoms with E-state index in [1.165, 1.54) is 20.8 Å². The molecule has 0 radical (unpaired) electrons. The lowest BCUT2D eigenvalue weighted by Gasteiger charge is -2.22. The first-order valence-electron chi connectivity index (χ1n) is 7.34. The van der Waals surface area contributed by atoms with Gasteiger partial charge in [-0.3, -0.25) is 0 Å². The molecule has 0 aromatic heterocycles. The number of alkyl halides is 3. The minimum atomic E-state index is -5.69. The predicted octanol–water partition coefficient (Wildman–Crippen LogP) is 4.33. The van der Waals surface area contributed by atoms with Crippen molar-refractivity contribution in [1.29, 1.82) is 0 Å².